The Morgan fingerprint density at radius 1 is 0.967 bits per heavy atom. The molecule has 4 rings (SSSR count). The predicted octanol–water partition coefficient (Wildman–Crippen LogP) is 3.53. The third kappa shape index (κ3) is 6.18. The molecule has 2 N–H and O–H groups in total. The highest BCUT2D eigenvalue weighted by Crippen LogP contribution is 2.47. The molecule has 1 saturated carbocycles. The zero-order valence-electron chi connectivity index (χ0n) is 17.8. The lowest BCUT2D eigenvalue weighted by molar-refractivity contribution is 0.0342. The zero-order chi connectivity index (χ0) is 19.9. The molecule has 0 aromatic heterocycles. The lowest BCUT2D eigenvalue weighted by atomic mass is 9.96. The predicted molar refractivity (Wildman–Crippen MR) is 134 cm³/mol. The van der Waals surface area contributed by atoms with E-state index in [0.29, 0.717) is 0 Å². The molecule has 0 unspecified atom stereocenters. The molecule has 5 nitrogen and oxygen atoms in total. The van der Waals surface area contributed by atoms with E-state index in [4.69, 9.17) is 4.74 Å². The van der Waals surface area contributed by atoms with Gasteiger partial charge >= 0.3 is 0 Å². The van der Waals surface area contributed by atoms with Crippen LogP contribution in [0, 0.1) is 0 Å². The molecule has 1 heterocycles. The number of benzene rings is 2. The van der Waals surface area contributed by atoms with Crippen molar-refractivity contribution in [3.05, 3.63) is 71.3 Å². The average Bonchev–Trinajstić information content (AvgIpc) is 3.57. The van der Waals surface area contributed by atoms with Gasteiger partial charge in [0.25, 0.3) is 0 Å². The SMILES string of the molecule is CN=C(NCc1ccc(CN2CCOCC2)cc1)NCC1(c2ccccc2)CC1.I. The van der Waals surface area contributed by atoms with Crippen LogP contribution < -0.4 is 10.6 Å². The molecule has 1 aliphatic carbocycles. The van der Waals surface area contributed by atoms with Gasteiger partial charge < -0.3 is 15.4 Å². The minimum atomic E-state index is 0. The van der Waals surface area contributed by atoms with E-state index in [1.165, 1.54) is 29.5 Å². The van der Waals surface area contributed by atoms with Crippen LogP contribution in [0.4, 0.5) is 0 Å². The number of aliphatic imine (C=N–C) groups is 1. The molecule has 1 saturated heterocycles. The van der Waals surface area contributed by atoms with Crippen molar-refractivity contribution in [2.24, 2.45) is 4.99 Å². The van der Waals surface area contributed by atoms with Gasteiger partial charge in [0.05, 0.1) is 13.2 Å². The van der Waals surface area contributed by atoms with E-state index in [1.54, 1.807) is 0 Å². The van der Waals surface area contributed by atoms with Gasteiger partial charge in [-0.05, 0) is 29.5 Å². The summed E-state index contributed by atoms with van der Waals surface area (Å²) in [6.07, 6.45) is 2.48. The highest BCUT2D eigenvalue weighted by atomic mass is 127. The molecule has 0 spiro atoms. The summed E-state index contributed by atoms with van der Waals surface area (Å²) in [6, 6.07) is 19.7. The Morgan fingerprint density at radius 3 is 2.27 bits per heavy atom. The van der Waals surface area contributed by atoms with E-state index in [-0.39, 0.29) is 29.4 Å². The van der Waals surface area contributed by atoms with E-state index >= 15 is 0 Å². The molecule has 1 aliphatic heterocycles. The first-order valence-electron chi connectivity index (χ1n) is 10.7. The summed E-state index contributed by atoms with van der Waals surface area (Å²) in [5.74, 6) is 0.865. The maximum Gasteiger partial charge on any atom is 0.191 e. The van der Waals surface area contributed by atoms with Crippen LogP contribution in [0.1, 0.15) is 29.5 Å². The number of rotatable bonds is 7. The van der Waals surface area contributed by atoms with Gasteiger partial charge in [-0.25, -0.2) is 0 Å². The standard InChI is InChI=1S/C24H32N4O.HI/c1-25-23(27-19-24(11-12-24)22-5-3-2-4-6-22)26-17-20-7-9-21(10-8-20)18-28-13-15-29-16-14-28;/h2-10H,11-19H2,1H3,(H2,25,26,27);1H. The molecule has 162 valence electrons. The third-order valence-corrected chi connectivity index (χ3v) is 6.05. The Labute approximate surface area is 197 Å². The molecule has 30 heavy (non-hydrogen) atoms. The van der Waals surface area contributed by atoms with Crippen molar-refractivity contribution in [1.29, 1.82) is 0 Å². The number of guanidine groups is 1. The molecule has 0 atom stereocenters. The number of ether oxygens (including phenoxy) is 1. The zero-order valence-corrected chi connectivity index (χ0v) is 20.1. The molecule has 2 fully saturated rings. The number of morpholine rings is 1. The Bertz CT molecular complexity index is 800. The van der Waals surface area contributed by atoms with Crippen molar-refractivity contribution in [3.8, 4) is 0 Å². The number of halogens is 1. The van der Waals surface area contributed by atoms with Crippen LogP contribution in [0.5, 0.6) is 0 Å². The van der Waals surface area contributed by atoms with Crippen molar-refractivity contribution in [1.82, 2.24) is 15.5 Å². The van der Waals surface area contributed by atoms with Crippen LogP contribution in [-0.4, -0.2) is 50.8 Å². The van der Waals surface area contributed by atoms with Gasteiger partial charge in [0.15, 0.2) is 5.96 Å². The van der Waals surface area contributed by atoms with Gasteiger partial charge in [0.1, 0.15) is 0 Å². The molecule has 6 heteroatoms. The minimum Gasteiger partial charge on any atom is -0.379 e. The largest absolute Gasteiger partial charge is 0.379 e. The second-order valence-corrected chi connectivity index (χ2v) is 8.13. The van der Waals surface area contributed by atoms with Crippen LogP contribution in [0.25, 0.3) is 0 Å². The summed E-state index contributed by atoms with van der Waals surface area (Å²) in [5, 5.41) is 6.98. The summed E-state index contributed by atoms with van der Waals surface area (Å²) in [4.78, 5) is 6.85. The van der Waals surface area contributed by atoms with E-state index in [0.717, 1.165) is 51.9 Å². The van der Waals surface area contributed by atoms with Gasteiger partial charge in [-0.15, -0.1) is 24.0 Å². The number of nitrogens with one attached hydrogen (secondary N) is 2. The van der Waals surface area contributed by atoms with Gasteiger partial charge in [0, 0.05) is 45.2 Å². The molecule has 0 radical (unpaired) electrons. The van der Waals surface area contributed by atoms with Gasteiger partial charge in [0.2, 0.25) is 0 Å². The number of hydrogen-bond donors (Lipinski definition) is 2. The maximum absolute atomic E-state index is 5.42. The first kappa shape index (κ1) is 23.0. The van der Waals surface area contributed by atoms with Crippen LogP contribution >= 0.6 is 24.0 Å². The van der Waals surface area contributed by atoms with Crippen molar-refractivity contribution < 1.29 is 4.74 Å². The Kier molecular flexibility index (Phi) is 8.53. The topological polar surface area (TPSA) is 48.9 Å². The summed E-state index contributed by atoms with van der Waals surface area (Å²) >= 11 is 0. The molecule has 2 aromatic rings. The lowest BCUT2D eigenvalue weighted by Gasteiger charge is -2.26. The second-order valence-electron chi connectivity index (χ2n) is 8.13. The quantitative estimate of drug-likeness (QED) is 0.333. The first-order chi connectivity index (χ1) is 14.3. The Hall–Kier alpha value is -1.64. The van der Waals surface area contributed by atoms with Gasteiger partial charge in [-0.2, -0.15) is 0 Å². The highest BCUT2D eigenvalue weighted by molar-refractivity contribution is 14.0. The molecular weight excluding hydrogens is 487 g/mol. The van der Waals surface area contributed by atoms with E-state index in [1.807, 2.05) is 7.05 Å². The fourth-order valence-corrected chi connectivity index (χ4v) is 3.95. The fraction of sp³-hybridized carbons (Fsp3) is 0.458. The number of nitrogens with zero attached hydrogens (tertiary/aromatic N) is 2. The van der Waals surface area contributed by atoms with Gasteiger partial charge in [-0.3, -0.25) is 9.89 Å². The summed E-state index contributed by atoms with van der Waals surface area (Å²) in [6.45, 7) is 6.44. The van der Waals surface area contributed by atoms with Crippen LogP contribution in [0.15, 0.2) is 59.6 Å². The van der Waals surface area contributed by atoms with Crippen LogP contribution in [0.2, 0.25) is 0 Å². The first-order valence-corrected chi connectivity index (χ1v) is 10.7. The van der Waals surface area contributed by atoms with E-state index in [2.05, 4.69) is 75.1 Å². The summed E-state index contributed by atoms with van der Waals surface area (Å²) in [5.41, 5.74) is 4.33. The van der Waals surface area contributed by atoms with Crippen molar-refractivity contribution in [2.75, 3.05) is 39.9 Å². The van der Waals surface area contributed by atoms with E-state index < -0.39 is 0 Å². The molecule has 0 bridgehead atoms. The number of hydrogen-bond acceptors (Lipinski definition) is 3. The van der Waals surface area contributed by atoms with Gasteiger partial charge in [-0.1, -0.05) is 54.6 Å². The minimum absolute atomic E-state index is 0. The molecule has 2 aromatic carbocycles. The molecular formula is C24H33IN4O. The Balaban J connectivity index is 0.00000256. The van der Waals surface area contributed by atoms with Crippen LogP contribution in [-0.2, 0) is 23.2 Å². The molecule has 2 aliphatic rings. The third-order valence-electron chi connectivity index (χ3n) is 6.05. The second kappa shape index (κ2) is 11.1. The van der Waals surface area contributed by atoms with Crippen molar-refractivity contribution in [3.63, 3.8) is 0 Å². The summed E-state index contributed by atoms with van der Waals surface area (Å²) < 4.78 is 5.42. The molecule has 0 amide bonds. The smallest absolute Gasteiger partial charge is 0.191 e. The summed E-state index contributed by atoms with van der Waals surface area (Å²) in [7, 11) is 1.84. The van der Waals surface area contributed by atoms with Crippen molar-refractivity contribution >= 4 is 29.9 Å². The Morgan fingerprint density at radius 2 is 1.63 bits per heavy atom. The normalized spacial score (nSPS) is 18.4. The highest BCUT2D eigenvalue weighted by Gasteiger charge is 2.43. The maximum atomic E-state index is 5.42. The van der Waals surface area contributed by atoms with E-state index in [9.17, 15) is 0 Å². The van der Waals surface area contributed by atoms with Crippen LogP contribution in [0.3, 0.4) is 0 Å². The average molecular weight is 520 g/mol. The fourth-order valence-electron chi connectivity index (χ4n) is 3.95. The van der Waals surface area contributed by atoms with Crippen molar-refractivity contribution in [2.45, 2.75) is 31.3 Å². The lowest BCUT2D eigenvalue weighted by Crippen LogP contribution is -2.40. The monoisotopic (exact) mass is 520 g/mol.